The largest absolute Gasteiger partial charge is 0.349 e. The number of nitrogens with zero attached hydrogens (tertiary/aromatic N) is 1. The molecule has 2 N–H and O–H groups in total. The second-order valence-electron chi connectivity index (χ2n) is 8.75. The average Bonchev–Trinajstić information content (AvgIpc) is 2.69. The van der Waals surface area contributed by atoms with Crippen molar-refractivity contribution in [3.63, 3.8) is 0 Å². The lowest BCUT2D eigenvalue weighted by Gasteiger charge is -2.56. The first-order chi connectivity index (χ1) is 11.3. The molecule has 0 unspecified atom stereocenters. The zero-order valence-corrected chi connectivity index (χ0v) is 14.6. The van der Waals surface area contributed by atoms with E-state index in [2.05, 4.69) is 10.6 Å². The molecule has 0 spiro atoms. The fourth-order valence-corrected chi connectivity index (χ4v) is 5.87. The Morgan fingerprint density at radius 1 is 1.17 bits per heavy atom. The highest BCUT2D eigenvalue weighted by Crippen LogP contribution is 2.55. The van der Waals surface area contributed by atoms with Crippen LogP contribution in [0.2, 0.25) is 0 Å². The van der Waals surface area contributed by atoms with E-state index in [1.807, 2.05) is 6.92 Å². The van der Waals surface area contributed by atoms with E-state index in [1.165, 1.54) is 19.3 Å². The number of imide groups is 1. The van der Waals surface area contributed by atoms with Crippen molar-refractivity contribution in [3.8, 4) is 0 Å². The van der Waals surface area contributed by atoms with Crippen LogP contribution in [0.4, 0.5) is 4.79 Å². The van der Waals surface area contributed by atoms with Crippen molar-refractivity contribution in [1.29, 1.82) is 0 Å². The highest BCUT2D eigenvalue weighted by molar-refractivity contribution is 6.08. The van der Waals surface area contributed by atoms with Gasteiger partial charge in [0.05, 0.1) is 0 Å². The topological polar surface area (TPSA) is 78.5 Å². The Hall–Kier alpha value is -1.59. The van der Waals surface area contributed by atoms with Crippen LogP contribution in [0.25, 0.3) is 0 Å². The Morgan fingerprint density at radius 3 is 2.17 bits per heavy atom. The molecule has 1 saturated heterocycles. The number of carbonyl (C=O) groups is 3. The van der Waals surface area contributed by atoms with Gasteiger partial charge in [0.15, 0.2) is 0 Å². The van der Waals surface area contributed by atoms with Gasteiger partial charge in [-0.25, -0.2) is 4.79 Å². The molecule has 6 nitrogen and oxygen atoms in total. The molecule has 5 fully saturated rings. The summed E-state index contributed by atoms with van der Waals surface area (Å²) in [6.45, 7) is 3.41. The minimum absolute atomic E-state index is 0.0842. The standard InChI is InChI=1S/C18H27N3O3/c1-3-17(2)15(23)21(16(24)20-17)10-14(22)19-18-7-11-4-12(8-18)6-13(5-11)9-18/h11-13H,3-10H2,1-2H3,(H,19,22)(H,20,24)/t11?,12?,13?,17-,18?/m0/s1. The third kappa shape index (κ3) is 2.42. The normalized spacial score (nSPS) is 43.2. The monoisotopic (exact) mass is 333 g/mol. The van der Waals surface area contributed by atoms with Crippen LogP contribution in [0.15, 0.2) is 0 Å². The molecule has 24 heavy (non-hydrogen) atoms. The molecule has 5 rings (SSSR count). The van der Waals surface area contributed by atoms with E-state index in [9.17, 15) is 14.4 Å². The smallest absolute Gasteiger partial charge is 0.325 e. The SMILES string of the molecule is CC[C@]1(C)NC(=O)N(CC(=O)NC23CC4CC(CC(C4)C2)C3)C1=O. The second kappa shape index (κ2) is 5.20. The van der Waals surface area contributed by atoms with Crippen molar-refractivity contribution < 1.29 is 14.4 Å². The molecule has 4 amide bonds. The first kappa shape index (κ1) is 15.9. The number of hydrogen-bond donors (Lipinski definition) is 2. The fraction of sp³-hybridized carbons (Fsp3) is 0.833. The quantitative estimate of drug-likeness (QED) is 0.770. The van der Waals surface area contributed by atoms with Gasteiger partial charge in [0.2, 0.25) is 5.91 Å². The minimum atomic E-state index is -0.877. The maximum atomic E-state index is 12.6. The lowest BCUT2D eigenvalue weighted by molar-refractivity contribution is -0.136. The molecular formula is C18H27N3O3. The van der Waals surface area contributed by atoms with E-state index in [4.69, 9.17) is 0 Å². The Morgan fingerprint density at radius 2 is 1.71 bits per heavy atom. The molecule has 0 aromatic heterocycles. The number of urea groups is 1. The second-order valence-corrected chi connectivity index (χ2v) is 8.75. The van der Waals surface area contributed by atoms with Gasteiger partial charge in [-0.15, -0.1) is 0 Å². The molecule has 1 heterocycles. The molecule has 0 aromatic rings. The summed E-state index contributed by atoms with van der Waals surface area (Å²) in [6, 6.07) is -0.454. The minimum Gasteiger partial charge on any atom is -0.349 e. The van der Waals surface area contributed by atoms with Crippen LogP contribution in [0.5, 0.6) is 0 Å². The molecule has 4 saturated carbocycles. The Bertz CT molecular complexity index is 567. The predicted octanol–water partition coefficient (Wildman–Crippen LogP) is 1.79. The van der Waals surface area contributed by atoms with Crippen LogP contribution in [0.1, 0.15) is 58.8 Å². The van der Waals surface area contributed by atoms with Crippen LogP contribution >= 0.6 is 0 Å². The molecule has 132 valence electrons. The molecule has 5 aliphatic rings. The van der Waals surface area contributed by atoms with Crippen molar-refractivity contribution in [1.82, 2.24) is 15.5 Å². The Kier molecular flexibility index (Phi) is 3.45. The van der Waals surface area contributed by atoms with Crippen LogP contribution in [0, 0.1) is 17.8 Å². The number of rotatable bonds is 4. The van der Waals surface area contributed by atoms with E-state index < -0.39 is 11.6 Å². The van der Waals surface area contributed by atoms with Crippen LogP contribution in [0.3, 0.4) is 0 Å². The first-order valence-corrected chi connectivity index (χ1v) is 9.27. The molecule has 1 atom stereocenters. The van der Waals surface area contributed by atoms with Gasteiger partial charge in [0.1, 0.15) is 12.1 Å². The van der Waals surface area contributed by atoms with Crippen LogP contribution < -0.4 is 10.6 Å². The summed E-state index contributed by atoms with van der Waals surface area (Å²) in [7, 11) is 0. The van der Waals surface area contributed by atoms with Gasteiger partial charge in [-0.05, 0) is 69.6 Å². The highest BCUT2D eigenvalue weighted by Gasteiger charge is 2.52. The third-order valence-corrected chi connectivity index (χ3v) is 6.80. The Balaban J connectivity index is 1.42. The highest BCUT2D eigenvalue weighted by atomic mass is 16.2. The van der Waals surface area contributed by atoms with Gasteiger partial charge in [-0.2, -0.15) is 0 Å². The Labute approximate surface area is 142 Å². The summed E-state index contributed by atoms with van der Waals surface area (Å²) in [5, 5.41) is 5.93. The molecule has 1 aliphatic heterocycles. The summed E-state index contributed by atoms with van der Waals surface area (Å²) >= 11 is 0. The van der Waals surface area contributed by atoms with Gasteiger partial charge in [0, 0.05) is 5.54 Å². The molecule has 0 radical (unpaired) electrons. The zero-order chi connectivity index (χ0) is 17.1. The third-order valence-electron chi connectivity index (χ3n) is 6.80. The summed E-state index contributed by atoms with van der Waals surface area (Å²) in [5.74, 6) is 1.75. The first-order valence-electron chi connectivity index (χ1n) is 9.27. The maximum Gasteiger partial charge on any atom is 0.325 e. The van der Waals surface area contributed by atoms with E-state index in [1.54, 1.807) is 6.92 Å². The van der Waals surface area contributed by atoms with Crippen molar-refractivity contribution in [2.24, 2.45) is 17.8 Å². The van der Waals surface area contributed by atoms with E-state index in [0.717, 1.165) is 41.9 Å². The molecule has 6 heteroatoms. The van der Waals surface area contributed by atoms with E-state index >= 15 is 0 Å². The van der Waals surface area contributed by atoms with Crippen LogP contribution in [-0.4, -0.2) is 40.4 Å². The van der Waals surface area contributed by atoms with Crippen molar-refractivity contribution in [2.75, 3.05) is 6.54 Å². The predicted molar refractivity (Wildman–Crippen MR) is 88.0 cm³/mol. The number of hydrogen-bond acceptors (Lipinski definition) is 3. The van der Waals surface area contributed by atoms with Gasteiger partial charge in [-0.3, -0.25) is 14.5 Å². The summed E-state index contributed by atoms with van der Waals surface area (Å²) in [6.07, 6.45) is 7.67. The number of nitrogens with one attached hydrogen (secondary N) is 2. The van der Waals surface area contributed by atoms with Gasteiger partial charge in [0.25, 0.3) is 5.91 Å². The summed E-state index contributed by atoms with van der Waals surface area (Å²) in [4.78, 5) is 38.2. The molecule has 4 bridgehead atoms. The van der Waals surface area contributed by atoms with E-state index in [0.29, 0.717) is 6.42 Å². The van der Waals surface area contributed by atoms with E-state index in [-0.39, 0.29) is 23.9 Å². The fourth-order valence-electron chi connectivity index (χ4n) is 5.87. The molecule has 4 aliphatic carbocycles. The number of amides is 4. The molecular weight excluding hydrogens is 306 g/mol. The van der Waals surface area contributed by atoms with Gasteiger partial charge in [-0.1, -0.05) is 6.92 Å². The van der Waals surface area contributed by atoms with Crippen LogP contribution in [-0.2, 0) is 9.59 Å². The van der Waals surface area contributed by atoms with Gasteiger partial charge < -0.3 is 10.6 Å². The van der Waals surface area contributed by atoms with Gasteiger partial charge >= 0.3 is 6.03 Å². The lowest BCUT2D eigenvalue weighted by atomic mass is 9.53. The number of carbonyl (C=O) groups excluding carboxylic acids is 3. The molecule has 0 aromatic carbocycles. The lowest BCUT2D eigenvalue weighted by Crippen LogP contribution is -2.61. The van der Waals surface area contributed by atoms with Crippen molar-refractivity contribution in [2.45, 2.75) is 69.9 Å². The van der Waals surface area contributed by atoms with Crippen molar-refractivity contribution in [3.05, 3.63) is 0 Å². The van der Waals surface area contributed by atoms with Crippen molar-refractivity contribution >= 4 is 17.8 Å². The maximum absolute atomic E-state index is 12.6. The zero-order valence-electron chi connectivity index (χ0n) is 14.6. The summed E-state index contributed by atoms with van der Waals surface area (Å²) in [5.41, 5.74) is -0.961. The summed E-state index contributed by atoms with van der Waals surface area (Å²) < 4.78 is 0. The average molecular weight is 333 g/mol.